The lowest BCUT2D eigenvalue weighted by Gasteiger charge is -2.25. The van der Waals surface area contributed by atoms with Gasteiger partial charge < -0.3 is 9.88 Å². The molecule has 2 aromatic heterocycles. The van der Waals surface area contributed by atoms with Crippen LogP contribution in [0.5, 0.6) is 0 Å². The summed E-state index contributed by atoms with van der Waals surface area (Å²) < 4.78 is 4.79. The van der Waals surface area contributed by atoms with Crippen molar-refractivity contribution in [3.05, 3.63) is 236 Å². The van der Waals surface area contributed by atoms with Crippen molar-refractivity contribution in [3.8, 4) is 39.1 Å². The summed E-state index contributed by atoms with van der Waals surface area (Å²) in [6, 6.07) is 80.0. The molecule has 292 valence electrons. The van der Waals surface area contributed by atoms with Gasteiger partial charge in [-0.2, -0.15) is 4.99 Å². The van der Waals surface area contributed by atoms with Gasteiger partial charge in [0.2, 0.25) is 5.96 Å². The number of hydrogen-bond donors (Lipinski definition) is 1. The highest BCUT2D eigenvalue weighted by molar-refractivity contribution is 6.22. The predicted octanol–water partition coefficient (Wildman–Crippen LogP) is 13.8. The Bertz CT molecular complexity index is 3470. The van der Waals surface area contributed by atoms with E-state index < -0.39 is 0 Å². The number of aromatic nitrogens is 2. The van der Waals surface area contributed by atoms with Crippen molar-refractivity contribution in [1.29, 1.82) is 0 Å². The molecule has 5 nitrogen and oxygen atoms in total. The molecule has 0 fully saturated rings. The van der Waals surface area contributed by atoms with Crippen LogP contribution >= 0.6 is 0 Å². The first-order valence-electron chi connectivity index (χ1n) is 21.1. The molecule has 12 rings (SSSR count). The molecule has 5 heteroatoms. The van der Waals surface area contributed by atoms with Crippen LogP contribution in [0.1, 0.15) is 17.3 Å². The SMILES string of the molecule is c1ccc(-c2cccc(C3=NC(c4ccccc4)NC(n4c5ccccc5c5cc6c7ccccc7n(-c7c(-c8ccccc8)cccc7-c7ccccc7)c6cc54)=N3)c2)cc1. The van der Waals surface area contributed by atoms with Gasteiger partial charge in [-0.3, -0.25) is 4.57 Å². The molecule has 0 spiro atoms. The van der Waals surface area contributed by atoms with Gasteiger partial charge in [0.05, 0.1) is 27.8 Å². The van der Waals surface area contributed by atoms with Gasteiger partial charge in [-0.15, -0.1) is 0 Å². The lowest BCUT2D eigenvalue weighted by molar-refractivity contribution is 0.661. The Morgan fingerprint density at radius 3 is 1.47 bits per heavy atom. The molecule has 0 saturated heterocycles. The summed E-state index contributed by atoms with van der Waals surface area (Å²) in [5.74, 6) is 1.40. The number of aliphatic imine (C=N–C) groups is 2. The van der Waals surface area contributed by atoms with Gasteiger partial charge in [0.25, 0.3) is 0 Å². The molecule has 1 aliphatic rings. The third-order valence-electron chi connectivity index (χ3n) is 12.2. The first-order chi connectivity index (χ1) is 30.8. The minimum atomic E-state index is -0.364. The number of fused-ring (bicyclic) bond motifs is 6. The zero-order valence-electron chi connectivity index (χ0n) is 33.7. The van der Waals surface area contributed by atoms with Crippen LogP contribution < -0.4 is 5.32 Å². The molecule has 1 N–H and O–H groups in total. The molecule has 0 amide bonds. The first-order valence-corrected chi connectivity index (χ1v) is 21.1. The highest BCUT2D eigenvalue weighted by Gasteiger charge is 2.26. The van der Waals surface area contributed by atoms with E-state index >= 15 is 0 Å². The van der Waals surface area contributed by atoms with Gasteiger partial charge in [-0.1, -0.05) is 194 Å². The molecule has 0 saturated carbocycles. The fourth-order valence-corrected chi connectivity index (χ4v) is 9.34. The highest BCUT2D eigenvalue weighted by atomic mass is 15.3. The van der Waals surface area contributed by atoms with Crippen LogP contribution in [0, 0.1) is 0 Å². The molecular formula is C57H39N5. The van der Waals surface area contributed by atoms with Crippen LogP contribution in [0.2, 0.25) is 0 Å². The average Bonchev–Trinajstić information content (AvgIpc) is 3.85. The fraction of sp³-hybridized carbons (Fsp3) is 0.0175. The van der Waals surface area contributed by atoms with E-state index in [1.54, 1.807) is 0 Å². The number of nitrogens with zero attached hydrogens (tertiary/aromatic N) is 4. The van der Waals surface area contributed by atoms with Crippen LogP contribution in [0.4, 0.5) is 0 Å². The monoisotopic (exact) mass is 793 g/mol. The lowest BCUT2D eigenvalue weighted by atomic mass is 9.95. The molecule has 9 aromatic carbocycles. The van der Waals surface area contributed by atoms with Crippen molar-refractivity contribution in [2.45, 2.75) is 6.17 Å². The summed E-state index contributed by atoms with van der Waals surface area (Å²) in [6.07, 6.45) is -0.364. The largest absolute Gasteiger partial charge is 0.330 e. The lowest BCUT2D eigenvalue weighted by Crippen LogP contribution is -2.37. The molecule has 1 unspecified atom stereocenters. The number of rotatable bonds is 6. The van der Waals surface area contributed by atoms with Crippen molar-refractivity contribution in [2.24, 2.45) is 9.98 Å². The summed E-state index contributed by atoms with van der Waals surface area (Å²) in [5, 5.41) is 8.52. The Labute approximate surface area is 359 Å². The van der Waals surface area contributed by atoms with Crippen LogP contribution in [0.3, 0.4) is 0 Å². The van der Waals surface area contributed by atoms with Gasteiger partial charge in [-0.05, 0) is 58.1 Å². The second-order valence-corrected chi connectivity index (χ2v) is 15.8. The normalized spacial score (nSPS) is 14.0. The van der Waals surface area contributed by atoms with E-state index in [0.717, 1.165) is 89.0 Å². The maximum atomic E-state index is 5.43. The summed E-state index contributed by atoms with van der Waals surface area (Å²) >= 11 is 0. The molecule has 11 aromatic rings. The zero-order valence-corrected chi connectivity index (χ0v) is 33.7. The van der Waals surface area contributed by atoms with Crippen molar-refractivity contribution in [1.82, 2.24) is 14.5 Å². The molecule has 0 aliphatic carbocycles. The Kier molecular flexibility index (Phi) is 8.49. The molecular weight excluding hydrogens is 755 g/mol. The number of nitrogens with one attached hydrogen (secondary N) is 1. The third-order valence-corrected chi connectivity index (χ3v) is 12.2. The summed E-state index contributed by atoms with van der Waals surface area (Å²) in [5.41, 5.74) is 14.5. The number of benzene rings is 9. The second kappa shape index (κ2) is 14.8. The Morgan fingerprint density at radius 2 is 0.839 bits per heavy atom. The van der Waals surface area contributed by atoms with E-state index in [1.165, 1.54) is 10.8 Å². The summed E-state index contributed by atoms with van der Waals surface area (Å²) in [7, 11) is 0. The molecule has 62 heavy (non-hydrogen) atoms. The molecule has 1 aliphatic heterocycles. The maximum absolute atomic E-state index is 5.43. The topological polar surface area (TPSA) is 46.6 Å². The zero-order chi connectivity index (χ0) is 41.0. The standard InChI is InChI=1S/C57H39N5/c1-5-19-38(20-6-1)42-27-17-28-43(35-42)56-58-55(41-25-11-4-12-26-41)59-57(60-56)62-51-34-16-14-30-47(51)49-36-48-46-29-13-15-33-50(46)61(52(48)37-53(49)62)54-44(39-21-7-2-8-22-39)31-18-32-45(54)40-23-9-3-10-24-40/h1-37,55H,(H,58,59,60). The van der Waals surface area contributed by atoms with E-state index in [-0.39, 0.29) is 6.17 Å². The van der Waals surface area contributed by atoms with Crippen molar-refractivity contribution < 1.29 is 0 Å². The van der Waals surface area contributed by atoms with Gasteiger partial charge >= 0.3 is 0 Å². The maximum Gasteiger partial charge on any atom is 0.211 e. The van der Waals surface area contributed by atoms with Crippen molar-refractivity contribution in [2.75, 3.05) is 0 Å². The minimum Gasteiger partial charge on any atom is -0.330 e. The predicted molar refractivity (Wildman–Crippen MR) is 258 cm³/mol. The van der Waals surface area contributed by atoms with Gasteiger partial charge in [-0.25, -0.2) is 4.99 Å². The third kappa shape index (κ3) is 5.94. The summed E-state index contributed by atoms with van der Waals surface area (Å²) in [6.45, 7) is 0. The Balaban J connectivity index is 1.14. The van der Waals surface area contributed by atoms with Gasteiger partial charge in [0, 0.05) is 38.2 Å². The van der Waals surface area contributed by atoms with Crippen LogP contribution in [-0.4, -0.2) is 20.9 Å². The van der Waals surface area contributed by atoms with E-state index in [0.29, 0.717) is 5.84 Å². The first kappa shape index (κ1) is 35.6. The smallest absolute Gasteiger partial charge is 0.211 e. The quantitative estimate of drug-likeness (QED) is 0.179. The van der Waals surface area contributed by atoms with Crippen molar-refractivity contribution in [3.63, 3.8) is 0 Å². The molecule has 1 atom stereocenters. The van der Waals surface area contributed by atoms with Gasteiger partial charge in [0.1, 0.15) is 6.17 Å². The molecule has 3 heterocycles. The van der Waals surface area contributed by atoms with E-state index in [2.05, 4.69) is 233 Å². The van der Waals surface area contributed by atoms with E-state index in [9.17, 15) is 0 Å². The van der Waals surface area contributed by atoms with Crippen LogP contribution in [0.25, 0.3) is 82.7 Å². The average molecular weight is 794 g/mol. The Hall–Kier alpha value is -8.28. The number of para-hydroxylation sites is 3. The van der Waals surface area contributed by atoms with Crippen molar-refractivity contribution >= 4 is 55.4 Å². The fourth-order valence-electron chi connectivity index (χ4n) is 9.34. The molecule has 0 bridgehead atoms. The van der Waals surface area contributed by atoms with Crippen LogP contribution in [-0.2, 0) is 0 Å². The highest BCUT2D eigenvalue weighted by Crippen LogP contribution is 2.43. The summed E-state index contributed by atoms with van der Waals surface area (Å²) in [4.78, 5) is 10.7. The van der Waals surface area contributed by atoms with E-state index in [4.69, 9.17) is 9.98 Å². The number of hydrogen-bond acceptors (Lipinski definition) is 3. The second-order valence-electron chi connectivity index (χ2n) is 15.8. The minimum absolute atomic E-state index is 0.364. The Morgan fingerprint density at radius 1 is 0.355 bits per heavy atom. The van der Waals surface area contributed by atoms with E-state index in [1.807, 2.05) is 6.07 Å². The molecule has 0 radical (unpaired) electrons. The van der Waals surface area contributed by atoms with Gasteiger partial charge in [0.15, 0.2) is 5.84 Å². The van der Waals surface area contributed by atoms with Crippen LogP contribution in [0.15, 0.2) is 234 Å². The number of amidine groups is 1.